The van der Waals surface area contributed by atoms with Gasteiger partial charge in [-0.15, -0.1) is 0 Å². The van der Waals surface area contributed by atoms with Crippen molar-refractivity contribution in [3.8, 4) is 0 Å². The van der Waals surface area contributed by atoms with Crippen molar-refractivity contribution in [1.29, 1.82) is 0 Å². The maximum Gasteiger partial charge on any atom is 0.310 e. The first-order chi connectivity index (χ1) is 15.7. The van der Waals surface area contributed by atoms with Crippen LogP contribution in [0.15, 0.2) is 24.3 Å². The lowest BCUT2D eigenvalue weighted by Crippen LogP contribution is -2.56. The molecule has 9 nitrogen and oxygen atoms in total. The van der Waals surface area contributed by atoms with Crippen molar-refractivity contribution >= 4 is 35.3 Å². The molecule has 10 heteroatoms. The highest BCUT2D eigenvalue weighted by atomic mass is 35.5. The summed E-state index contributed by atoms with van der Waals surface area (Å²) in [5, 5.41) is 5.88. The maximum absolute atomic E-state index is 13.4. The molecule has 1 aromatic rings. The molecule has 0 aliphatic carbocycles. The Kier molecular flexibility index (Phi) is 8.31. The number of hydrogen-bond acceptors (Lipinski definition) is 6. The summed E-state index contributed by atoms with van der Waals surface area (Å²) in [5.41, 5.74) is 0.279. The lowest BCUT2D eigenvalue weighted by atomic mass is 10.0. The molecule has 0 unspecified atom stereocenters. The second kappa shape index (κ2) is 11.0. The number of cyclic esters (lactones) is 1. The van der Waals surface area contributed by atoms with E-state index in [-0.39, 0.29) is 29.7 Å². The van der Waals surface area contributed by atoms with Crippen LogP contribution in [0.25, 0.3) is 0 Å². The van der Waals surface area contributed by atoms with Gasteiger partial charge in [0.25, 0.3) is 5.91 Å². The van der Waals surface area contributed by atoms with Gasteiger partial charge in [-0.2, -0.15) is 0 Å². The number of rotatable bonds is 8. The summed E-state index contributed by atoms with van der Waals surface area (Å²) in [5.74, 6) is -1.80. The predicted molar refractivity (Wildman–Crippen MR) is 120 cm³/mol. The van der Waals surface area contributed by atoms with Gasteiger partial charge in [-0.05, 0) is 37.8 Å². The lowest BCUT2D eigenvalue weighted by Gasteiger charge is -2.31. The third kappa shape index (κ3) is 5.83. The van der Waals surface area contributed by atoms with E-state index in [1.165, 1.54) is 4.90 Å². The lowest BCUT2D eigenvalue weighted by molar-refractivity contribution is -0.164. The van der Waals surface area contributed by atoms with E-state index < -0.39 is 36.3 Å². The molecule has 4 atom stereocenters. The van der Waals surface area contributed by atoms with Crippen LogP contribution in [0.5, 0.6) is 0 Å². The fourth-order valence-corrected chi connectivity index (χ4v) is 4.33. The van der Waals surface area contributed by atoms with Crippen LogP contribution in [-0.4, -0.2) is 66.2 Å². The quantitative estimate of drug-likeness (QED) is 0.550. The van der Waals surface area contributed by atoms with E-state index in [1.807, 2.05) is 13.8 Å². The molecule has 33 heavy (non-hydrogen) atoms. The minimum atomic E-state index is -0.838. The van der Waals surface area contributed by atoms with Gasteiger partial charge in [0.05, 0.1) is 17.0 Å². The fourth-order valence-electron chi connectivity index (χ4n) is 4.11. The molecule has 0 radical (unpaired) electrons. The third-order valence-electron chi connectivity index (χ3n) is 5.80. The summed E-state index contributed by atoms with van der Waals surface area (Å²) in [6, 6.07) is 4.48. The highest BCUT2D eigenvalue weighted by molar-refractivity contribution is 6.33. The van der Waals surface area contributed by atoms with Gasteiger partial charge in [0.15, 0.2) is 0 Å². The number of likely N-dealkylation sites (tertiary alicyclic amines) is 1. The number of ether oxygens (including phenoxy) is 2. The average Bonchev–Trinajstić information content (AvgIpc) is 3.38. The van der Waals surface area contributed by atoms with Gasteiger partial charge in [-0.3, -0.25) is 19.2 Å². The molecule has 2 aliphatic heterocycles. The molecule has 0 bridgehead atoms. The van der Waals surface area contributed by atoms with E-state index in [1.54, 1.807) is 31.2 Å². The first kappa shape index (κ1) is 25.0. The Morgan fingerprint density at radius 1 is 1.27 bits per heavy atom. The van der Waals surface area contributed by atoms with Crippen molar-refractivity contribution in [1.82, 2.24) is 15.5 Å². The minimum Gasteiger partial charge on any atom is -0.433 e. The molecule has 2 aliphatic rings. The minimum absolute atomic E-state index is 0.0135. The Labute approximate surface area is 198 Å². The Morgan fingerprint density at radius 3 is 2.67 bits per heavy atom. The van der Waals surface area contributed by atoms with Gasteiger partial charge in [0.2, 0.25) is 18.1 Å². The summed E-state index contributed by atoms with van der Waals surface area (Å²) in [6.45, 7) is 6.16. The van der Waals surface area contributed by atoms with E-state index >= 15 is 0 Å². The highest BCUT2D eigenvalue weighted by Crippen LogP contribution is 2.23. The number of nitrogens with one attached hydrogen (secondary N) is 2. The van der Waals surface area contributed by atoms with Gasteiger partial charge in [0.1, 0.15) is 18.1 Å². The topological polar surface area (TPSA) is 114 Å². The Balaban J connectivity index is 1.70. The number of benzene rings is 1. The summed E-state index contributed by atoms with van der Waals surface area (Å²) in [4.78, 5) is 52.3. The van der Waals surface area contributed by atoms with Gasteiger partial charge in [-0.25, -0.2) is 0 Å². The number of hydrogen-bond donors (Lipinski definition) is 2. The number of halogens is 1. The standard InChI is InChI=1S/C23H30ClN3O6/c1-4-32-23-16(12-18(28)33-23)25-21(30)17-10-7-11-27(17)22(31)19(13(2)3)26-20(29)14-8-5-6-9-15(14)24/h5-6,8-9,13,16-17,19,23H,4,7,10-12H2,1-3H3,(H,25,30)(H,26,29)/t16-,17+,19+,23+/m1/s1. The van der Waals surface area contributed by atoms with Crippen LogP contribution in [0.1, 0.15) is 50.4 Å². The summed E-state index contributed by atoms with van der Waals surface area (Å²) in [6.07, 6.45) is 0.318. The number of esters is 1. The predicted octanol–water partition coefficient (Wildman–Crippen LogP) is 1.88. The summed E-state index contributed by atoms with van der Waals surface area (Å²) >= 11 is 6.13. The smallest absolute Gasteiger partial charge is 0.310 e. The normalized spacial score (nSPS) is 23.4. The molecule has 0 spiro atoms. The van der Waals surface area contributed by atoms with Crippen LogP contribution in [0.4, 0.5) is 0 Å². The second-order valence-electron chi connectivity index (χ2n) is 8.50. The van der Waals surface area contributed by atoms with Crippen LogP contribution >= 0.6 is 11.6 Å². The van der Waals surface area contributed by atoms with Crippen molar-refractivity contribution in [2.45, 2.75) is 64.4 Å². The van der Waals surface area contributed by atoms with Crippen molar-refractivity contribution in [3.05, 3.63) is 34.9 Å². The zero-order valence-electron chi connectivity index (χ0n) is 19.0. The maximum atomic E-state index is 13.4. The monoisotopic (exact) mass is 479 g/mol. The molecular formula is C23H30ClN3O6. The molecule has 180 valence electrons. The average molecular weight is 480 g/mol. The van der Waals surface area contributed by atoms with E-state index in [0.29, 0.717) is 31.0 Å². The SMILES string of the molecule is CCO[C@H]1OC(=O)C[C@H]1NC(=O)[C@@H]1CCCN1C(=O)[C@@H](NC(=O)c1ccccc1Cl)C(C)C. The number of carbonyl (C=O) groups excluding carboxylic acids is 4. The first-order valence-electron chi connectivity index (χ1n) is 11.2. The fraction of sp³-hybridized carbons (Fsp3) is 0.565. The van der Waals surface area contributed by atoms with Crippen molar-refractivity contribution in [2.24, 2.45) is 5.92 Å². The summed E-state index contributed by atoms with van der Waals surface area (Å²) in [7, 11) is 0. The van der Waals surface area contributed by atoms with Gasteiger partial charge in [-0.1, -0.05) is 37.6 Å². The molecule has 0 saturated carbocycles. The Bertz CT molecular complexity index is 908. The van der Waals surface area contributed by atoms with Crippen LogP contribution < -0.4 is 10.6 Å². The number of carbonyl (C=O) groups is 4. The van der Waals surface area contributed by atoms with E-state index in [0.717, 1.165) is 0 Å². The molecule has 3 rings (SSSR count). The molecule has 3 amide bonds. The van der Waals surface area contributed by atoms with Crippen molar-refractivity contribution in [3.63, 3.8) is 0 Å². The Morgan fingerprint density at radius 2 is 2.00 bits per heavy atom. The molecule has 0 aromatic heterocycles. The summed E-state index contributed by atoms with van der Waals surface area (Å²) < 4.78 is 10.5. The van der Waals surface area contributed by atoms with Crippen LogP contribution in [0, 0.1) is 5.92 Å². The molecule has 2 saturated heterocycles. The molecule has 2 heterocycles. The highest BCUT2D eigenvalue weighted by Gasteiger charge is 2.42. The van der Waals surface area contributed by atoms with Crippen molar-refractivity contribution < 1.29 is 28.7 Å². The second-order valence-corrected chi connectivity index (χ2v) is 8.90. The van der Waals surface area contributed by atoms with Crippen LogP contribution in [0.2, 0.25) is 5.02 Å². The van der Waals surface area contributed by atoms with Gasteiger partial charge < -0.3 is 25.0 Å². The third-order valence-corrected chi connectivity index (χ3v) is 6.13. The Hall–Kier alpha value is -2.65. The zero-order chi connectivity index (χ0) is 24.1. The molecule has 2 N–H and O–H groups in total. The van der Waals surface area contributed by atoms with E-state index in [9.17, 15) is 19.2 Å². The molecule has 2 fully saturated rings. The molecular weight excluding hydrogens is 450 g/mol. The van der Waals surface area contributed by atoms with E-state index in [2.05, 4.69) is 10.6 Å². The number of amides is 3. The van der Waals surface area contributed by atoms with Crippen LogP contribution in [0.3, 0.4) is 0 Å². The van der Waals surface area contributed by atoms with Gasteiger partial charge >= 0.3 is 5.97 Å². The van der Waals surface area contributed by atoms with Crippen LogP contribution in [-0.2, 0) is 23.9 Å². The van der Waals surface area contributed by atoms with E-state index in [4.69, 9.17) is 21.1 Å². The van der Waals surface area contributed by atoms with Crippen molar-refractivity contribution in [2.75, 3.05) is 13.2 Å². The molecule has 1 aromatic carbocycles. The first-order valence-corrected chi connectivity index (χ1v) is 11.6. The number of nitrogens with zero attached hydrogens (tertiary/aromatic N) is 1. The largest absolute Gasteiger partial charge is 0.433 e. The van der Waals surface area contributed by atoms with Gasteiger partial charge in [0, 0.05) is 13.2 Å². The zero-order valence-corrected chi connectivity index (χ0v) is 19.8.